The first-order valence-corrected chi connectivity index (χ1v) is 9.58. The number of aliphatic carboxylic acids is 1. The summed E-state index contributed by atoms with van der Waals surface area (Å²) in [6.45, 7) is 3.94. The molecule has 0 aromatic carbocycles. The monoisotopic (exact) mass is 330 g/mol. The van der Waals surface area contributed by atoms with E-state index in [4.69, 9.17) is 5.11 Å². The Kier molecular flexibility index (Phi) is 14.6. The summed E-state index contributed by atoms with van der Waals surface area (Å²) in [5.74, 6) is -0.988. The summed E-state index contributed by atoms with van der Waals surface area (Å²) in [5.41, 5.74) is 0. The van der Waals surface area contributed by atoms with Crippen molar-refractivity contribution in [2.45, 2.75) is 110 Å². The van der Waals surface area contributed by atoms with Gasteiger partial charge in [-0.15, -0.1) is 0 Å². The fraction of sp³-hybridized carbons (Fsp3) is 0.947. The molecule has 3 atom stereocenters. The Morgan fingerprint density at radius 3 is 1.57 bits per heavy atom. The molecule has 4 nitrogen and oxygen atoms in total. The third-order valence-corrected chi connectivity index (χ3v) is 4.61. The van der Waals surface area contributed by atoms with E-state index in [0.29, 0.717) is 12.8 Å². The second-order valence-electron chi connectivity index (χ2n) is 6.92. The minimum absolute atomic E-state index is 0.264. The number of hydrogen-bond acceptors (Lipinski definition) is 3. The number of unbranched alkanes of at least 4 members (excludes halogenated alkanes) is 8. The molecule has 0 aliphatic rings. The highest BCUT2D eigenvalue weighted by molar-refractivity contribution is 5.69. The topological polar surface area (TPSA) is 77.8 Å². The van der Waals surface area contributed by atoms with Gasteiger partial charge in [0.1, 0.15) is 0 Å². The number of carbonyl (C=O) groups is 1. The van der Waals surface area contributed by atoms with Gasteiger partial charge >= 0.3 is 5.97 Å². The summed E-state index contributed by atoms with van der Waals surface area (Å²) < 4.78 is 0. The van der Waals surface area contributed by atoms with Crippen molar-refractivity contribution in [1.82, 2.24) is 0 Å². The van der Waals surface area contributed by atoms with E-state index < -0.39 is 18.2 Å². The molecule has 23 heavy (non-hydrogen) atoms. The zero-order chi connectivity index (χ0) is 17.5. The molecule has 3 N–H and O–H groups in total. The van der Waals surface area contributed by atoms with E-state index in [9.17, 15) is 15.0 Å². The molecule has 4 heteroatoms. The van der Waals surface area contributed by atoms with Crippen molar-refractivity contribution >= 4 is 5.97 Å². The largest absolute Gasteiger partial charge is 0.481 e. The van der Waals surface area contributed by atoms with Crippen molar-refractivity contribution in [3.8, 4) is 0 Å². The Bertz CT molecular complexity index is 281. The van der Waals surface area contributed by atoms with Gasteiger partial charge in [0.2, 0.25) is 0 Å². The molecule has 0 saturated carbocycles. The van der Waals surface area contributed by atoms with Crippen LogP contribution in [0, 0.1) is 5.92 Å². The van der Waals surface area contributed by atoms with E-state index in [2.05, 4.69) is 6.92 Å². The molecule has 0 saturated heterocycles. The average Bonchev–Trinajstić information content (AvgIpc) is 2.53. The first-order chi connectivity index (χ1) is 11.0. The molecule has 0 rings (SSSR count). The maximum absolute atomic E-state index is 10.7. The van der Waals surface area contributed by atoms with Crippen molar-refractivity contribution in [1.29, 1.82) is 0 Å². The molecule has 138 valence electrons. The molecule has 0 heterocycles. The van der Waals surface area contributed by atoms with Gasteiger partial charge in [0, 0.05) is 0 Å². The zero-order valence-electron chi connectivity index (χ0n) is 15.2. The van der Waals surface area contributed by atoms with Crippen molar-refractivity contribution < 1.29 is 20.1 Å². The van der Waals surface area contributed by atoms with Crippen LogP contribution in [0.1, 0.15) is 97.3 Å². The van der Waals surface area contributed by atoms with Crippen molar-refractivity contribution in [2.24, 2.45) is 5.92 Å². The lowest BCUT2D eigenvalue weighted by atomic mass is 9.98. The van der Waals surface area contributed by atoms with Crippen molar-refractivity contribution in [3.63, 3.8) is 0 Å². The third-order valence-electron chi connectivity index (χ3n) is 4.61. The van der Waals surface area contributed by atoms with Gasteiger partial charge < -0.3 is 15.3 Å². The van der Waals surface area contributed by atoms with E-state index in [1.807, 2.05) is 0 Å². The molecular weight excluding hydrogens is 292 g/mol. The normalized spacial score (nSPS) is 15.3. The maximum Gasteiger partial charge on any atom is 0.306 e. The van der Waals surface area contributed by atoms with Gasteiger partial charge in [-0.3, -0.25) is 4.79 Å². The quantitative estimate of drug-likeness (QED) is 0.364. The highest BCUT2D eigenvalue weighted by Gasteiger charge is 2.15. The number of carboxylic acids is 1. The lowest BCUT2D eigenvalue weighted by Crippen LogP contribution is -2.25. The summed E-state index contributed by atoms with van der Waals surface area (Å²) in [7, 11) is 0. The van der Waals surface area contributed by atoms with Crippen LogP contribution in [0.25, 0.3) is 0 Å². The van der Waals surface area contributed by atoms with Crippen LogP contribution >= 0.6 is 0 Å². The standard InChI is InChI=1S/C19H38O4/c1-3-4-5-6-7-11-14-17(20)18(21)15-12-9-8-10-13-16(2)19(22)23/h16-18,20-21H,3-15H2,1-2H3,(H,22,23). The fourth-order valence-electron chi connectivity index (χ4n) is 2.80. The van der Waals surface area contributed by atoms with Gasteiger partial charge in [-0.1, -0.05) is 78.1 Å². The van der Waals surface area contributed by atoms with Gasteiger partial charge in [-0.2, -0.15) is 0 Å². The molecule has 0 fully saturated rings. The van der Waals surface area contributed by atoms with Gasteiger partial charge in [0.15, 0.2) is 0 Å². The third kappa shape index (κ3) is 13.5. The molecule has 0 amide bonds. The minimum Gasteiger partial charge on any atom is -0.481 e. The molecule has 3 unspecified atom stereocenters. The number of carboxylic acid groups (broad SMARTS) is 1. The van der Waals surface area contributed by atoms with Gasteiger partial charge in [0.05, 0.1) is 18.1 Å². The summed E-state index contributed by atoms with van der Waals surface area (Å²) in [6.07, 6.45) is 11.9. The lowest BCUT2D eigenvalue weighted by Gasteiger charge is -2.17. The van der Waals surface area contributed by atoms with Crippen LogP contribution in [0.15, 0.2) is 0 Å². The first kappa shape index (κ1) is 22.4. The molecule has 0 spiro atoms. The van der Waals surface area contributed by atoms with Crippen LogP contribution in [0.3, 0.4) is 0 Å². The minimum atomic E-state index is -0.724. The molecular formula is C19H38O4. The SMILES string of the molecule is CCCCCCCCC(O)C(O)CCCCCCC(C)C(=O)O. The summed E-state index contributed by atoms with van der Waals surface area (Å²) in [5, 5.41) is 28.7. The van der Waals surface area contributed by atoms with E-state index >= 15 is 0 Å². The van der Waals surface area contributed by atoms with E-state index in [-0.39, 0.29) is 5.92 Å². The van der Waals surface area contributed by atoms with E-state index in [1.54, 1.807) is 6.92 Å². The Morgan fingerprint density at radius 1 is 0.739 bits per heavy atom. The summed E-state index contributed by atoms with van der Waals surface area (Å²) in [4.78, 5) is 10.7. The lowest BCUT2D eigenvalue weighted by molar-refractivity contribution is -0.141. The second-order valence-corrected chi connectivity index (χ2v) is 6.92. The molecule has 0 aliphatic carbocycles. The smallest absolute Gasteiger partial charge is 0.306 e. The number of rotatable bonds is 16. The summed E-state index contributed by atoms with van der Waals surface area (Å²) >= 11 is 0. The highest BCUT2D eigenvalue weighted by atomic mass is 16.4. The number of hydrogen-bond donors (Lipinski definition) is 3. The predicted octanol–water partition coefficient (Wildman–Crippen LogP) is 4.52. The van der Waals surface area contributed by atoms with Crippen LogP contribution in [0.5, 0.6) is 0 Å². The van der Waals surface area contributed by atoms with Crippen LogP contribution in [0.2, 0.25) is 0 Å². The van der Waals surface area contributed by atoms with Gasteiger partial charge in [0.25, 0.3) is 0 Å². The summed E-state index contributed by atoms with van der Waals surface area (Å²) in [6, 6.07) is 0. The molecule has 0 bridgehead atoms. The van der Waals surface area contributed by atoms with Gasteiger partial charge in [-0.05, 0) is 19.3 Å². The average molecular weight is 331 g/mol. The van der Waals surface area contributed by atoms with Gasteiger partial charge in [-0.25, -0.2) is 0 Å². The highest BCUT2D eigenvalue weighted by Crippen LogP contribution is 2.16. The molecule has 0 radical (unpaired) electrons. The van der Waals surface area contributed by atoms with Crippen LogP contribution in [-0.2, 0) is 4.79 Å². The van der Waals surface area contributed by atoms with Crippen LogP contribution in [-0.4, -0.2) is 33.5 Å². The van der Waals surface area contributed by atoms with Crippen molar-refractivity contribution in [3.05, 3.63) is 0 Å². The maximum atomic E-state index is 10.7. The van der Waals surface area contributed by atoms with E-state index in [1.165, 1.54) is 25.7 Å². The Balaban J connectivity index is 3.46. The van der Waals surface area contributed by atoms with Crippen molar-refractivity contribution in [2.75, 3.05) is 0 Å². The molecule has 0 aliphatic heterocycles. The molecule has 0 aromatic heterocycles. The number of aliphatic hydroxyl groups is 2. The second kappa shape index (κ2) is 14.9. The Morgan fingerprint density at radius 2 is 1.13 bits per heavy atom. The Hall–Kier alpha value is -0.610. The van der Waals surface area contributed by atoms with Crippen LogP contribution < -0.4 is 0 Å². The Labute approximate surface area is 142 Å². The van der Waals surface area contributed by atoms with Crippen LogP contribution in [0.4, 0.5) is 0 Å². The number of aliphatic hydroxyl groups excluding tert-OH is 2. The zero-order valence-corrected chi connectivity index (χ0v) is 15.2. The molecule has 0 aromatic rings. The predicted molar refractivity (Wildman–Crippen MR) is 94.5 cm³/mol. The first-order valence-electron chi connectivity index (χ1n) is 9.58. The fourth-order valence-corrected chi connectivity index (χ4v) is 2.80. The van der Waals surface area contributed by atoms with E-state index in [0.717, 1.165) is 44.9 Å².